The van der Waals surface area contributed by atoms with Crippen LogP contribution in [-0.2, 0) is 13.0 Å². The van der Waals surface area contributed by atoms with Crippen molar-refractivity contribution in [2.45, 2.75) is 66.8 Å². The lowest BCUT2D eigenvalue weighted by Gasteiger charge is -2.37. The minimum Gasteiger partial charge on any atom is -0.396 e. The average molecular weight is 267 g/mol. The molecule has 0 aromatic carbocycles. The van der Waals surface area contributed by atoms with Crippen LogP contribution in [-0.4, -0.2) is 26.7 Å². The topological polar surface area (TPSA) is 50.9 Å². The summed E-state index contributed by atoms with van der Waals surface area (Å²) < 4.78 is 1.95. The monoisotopic (exact) mass is 267 g/mol. The molecule has 1 heterocycles. The van der Waals surface area contributed by atoms with E-state index in [1.165, 1.54) is 0 Å². The van der Waals surface area contributed by atoms with Gasteiger partial charge in [-0.3, -0.25) is 4.68 Å². The highest BCUT2D eigenvalue weighted by atomic mass is 16.3. The van der Waals surface area contributed by atoms with E-state index in [0.29, 0.717) is 0 Å². The Hall–Kier alpha value is -0.900. The van der Waals surface area contributed by atoms with E-state index < -0.39 is 0 Å². The normalized spacial score (nSPS) is 18.0. The molecule has 0 aliphatic rings. The number of nitrogens with zero attached hydrogens (tertiary/aromatic N) is 3. The van der Waals surface area contributed by atoms with Gasteiger partial charge in [0.15, 0.2) is 0 Å². The molecular weight excluding hydrogens is 238 g/mol. The molecule has 0 radical (unpaired) electrons. The maximum absolute atomic E-state index is 9.62. The Morgan fingerprint density at radius 3 is 2.21 bits per heavy atom. The third-order valence-electron chi connectivity index (χ3n) is 4.43. The predicted molar refractivity (Wildman–Crippen MR) is 77.9 cm³/mol. The molecule has 0 bridgehead atoms. The molecule has 110 valence electrons. The van der Waals surface area contributed by atoms with Crippen LogP contribution in [0, 0.1) is 10.8 Å². The minimum absolute atomic E-state index is 0.00106. The van der Waals surface area contributed by atoms with Gasteiger partial charge in [-0.25, -0.2) is 0 Å². The fourth-order valence-corrected chi connectivity index (χ4v) is 2.58. The molecule has 0 amide bonds. The van der Waals surface area contributed by atoms with E-state index in [0.717, 1.165) is 37.9 Å². The van der Waals surface area contributed by atoms with Gasteiger partial charge in [-0.05, 0) is 36.5 Å². The molecule has 19 heavy (non-hydrogen) atoms. The molecule has 4 heteroatoms. The summed E-state index contributed by atoms with van der Waals surface area (Å²) in [6.45, 7) is 12.0. The van der Waals surface area contributed by atoms with Crippen molar-refractivity contribution in [1.29, 1.82) is 0 Å². The molecule has 0 fully saturated rings. The smallest absolute Gasteiger partial charge is 0.0824 e. The van der Waals surface area contributed by atoms with Gasteiger partial charge < -0.3 is 5.11 Å². The van der Waals surface area contributed by atoms with Gasteiger partial charge in [0, 0.05) is 19.3 Å². The van der Waals surface area contributed by atoms with Crippen LogP contribution in [0.1, 0.15) is 59.6 Å². The van der Waals surface area contributed by atoms with Gasteiger partial charge in [-0.15, -0.1) is 5.10 Å². The fraction of sp³-hybridized carbons (Fsp3) is 0.867. The van der Waals surface area contributed by atoms with Gasteiger partial charge >= 0.3 is 0 Å². The average Bonchev–Trinajstić information content (AvgIpc) is 2.85. The highest BCUT2D eigenvalue weighted by Crippen LogP contribution is 2.39. The standard InChI is InChI=1S/C15H29N3O/c1-6-13-9-18(17-16-13)11-14(4,7-2)10-15(5,8-3)12-19/h9,19H,6-8,10-12H2,1-5H3. The molecular formula is C15H29N3O. The second-order valence-electron chi connectivity index (χ2n) is 6.42. The number of rotatable bonds is 8. The van der Waals surface area contributed by atoms with Crippen molar-refractivity contribution in [2.24, 2.45) is 10.8 Å². The van der Waals surface area contributed by atoms with Crippen LogP contribution in [0.2, 0.25) is 0 Å². The van der Waals surface area contributed by atoms with E-state index in [9.17, 15) is 5.11 Å². The van der Waals surface area contributed by atoms with Crippen molar-refractivity contribution >= 4 is 0 Å². The third kappa shape index (κ3) is 4.30. The van der Waals surface area contributed by atoms with E-state index in [1.807, 2.05) is 10.9 Å². The maximum atomic E-state index is 9.62. The van der Waals surface area contributed by atoms with E-state index in [2.05, 4.69) is 44.9 Å². The summed E-state index contributed by atoms with van der Waals surface area (Å²) in [5.74, 6) is 0. The van der Waals surface area contributed by atoms with E-state index in [-0.39, 0.29) is 17.4 Å². The van der Waals surface area contributed by atoms with Gasteiger partial charge in [-0.1, -0.05) is 39.8 Å². The van der Waals surface area contributed by atoms with Crippen LogP contribution >= 0.6 is 0 Å². The summed E-state index contributed by atoms with van der Waals surface area (Å²) in [7, 11) is 0. The number of aliphatic hydroxyl groups excluding tert-OH is 1. The van der Waals surface area contributed by atoms with Crippen LogP contribution in [0.5, 0.6) is 0 Å². The molecule has 0 saturated carbocycles. The largest absolute Gasteiger partial charge is 0.396 e. The number of aliphatic hydroxyl groups is 1. The highest BCUT2D eigenvalue weighted by Gasteiger charge is 2.33. The summed E-state index contributed by atoms with van der Waals surface area (Å²) >= 11 is 0. The second kappa shape index (κ2) is 6.51. The van der Waals surface area contributed by atoms with E-state index in [1.54, 1.807) is 0 Å². The lowest BCUT2D eigenvalue weighted by Crippen LogP contribution is -2.33. The maximum Gasteiger partial charge on any atom is 0.0824 e. The second-order valence-corrected chi connectivity index (χ2v) is 6.42. The lowest BCUT2D eigenvalue weighted by atomic mass is 9.70. The van der Waals surface area contributed by atoms with Crippen molar-refractivity contribution < 1.29 is 5.11 Å². The first kappa shape index (κ1) is 16.2. The first-order chi connectivity index (χ1) is 8.90. The van der Waals surface area contributed by atoms with Gasteiger partial charge in [0.2, 0.25) is 0 Å². The van der Waals surface area contributed by atoms with Gasteiger partial charge in [0.1, 0.15) is 0 Å². The van der Waals surface area contributed by atoms with Crippen LogP contribution in [0.4, 0.5) is 0 Å². The Morgan fingerprint density at radius 2 is 1.79 bits per heavy atom. The quantitative estimate of drug-likeness (QED) is 0.787. The Bertz CT molecular complexity index is 384. The summed E-state index contributed by atoms with van der Waals surface area (Å²) in [6, 6.07) is 0. The molecule has 1 aromatic heterocycles. The summed E-state index contributed by atoms with van der Waals surface area (Å²) in [5.41, 5.74) is 1.18. The van der Waals surface area contributed by atoms with Crippen LogP contribution < -0.4 is 0 Å². The highest BCUT2D eigenvalue weighted by molar-refractivity contribution is 4.92. The minimum atomic E-state index is -0.00106. The molecule has 2 atom stereocenters. The van der Waals surface area contributed by atoms with Gasteiger partial charge in [-0.2, -0.15) is 0 Å². The third-order valence-corrected chi connectivity index (χ3v) is 4.43. The van der Waals surface area contributed by atoms with Crippen molar-refractivity contribution in [2.75, 3.05) is 6.61 Å². The molecule has 1 N–H and O–H groups in total. The lowest BCUT2D eigenvalue weighted by molar-refractivity contribution is 0.0628. The molecule has 2 unspecified atom stereocenters. The summed E-state index contributed by atoms with van der Waals surface area (Å²) in [6.07, 6.45) is 6.04. The molecule has 0 aliphatic heterocycles. The Kier molecular flexibility index (Phi) is 5.53. The van der Waals surface area contributed by atoms with E-state index >= 15 is 0 Å². The first-order valence-electron chi connectivity index (χ1n) is 7.40. The van der Waals surface area contributed by atoms with Crippen molar-refractivity contribution in [3.63, 3.8) is 0 Å². The number of hydrogen-bond donors (Lipinski definition) is 1. The van der Waals surface area contributed by atoms with Crippen molar-refractivity contribution in [1.82, 2.24) is 15.0 Å². The van der Waals surface area contributed by atoms with Gasteiger partial charge in [0.05, 0.1) is 5.69 Å². The first-order valence-corrected chi connectivity index (χ1v) is 7.40. The van der Waals surface area contributed by atoms with Crippen molar-refractivity contribution in [3.05, 3.63) is 11.9 Å². The molecule has 0 spiro atoms. The fourth-order valence-electron chi connectivity index (χ4n) is 2.58. The summed E-state index contributed by atoms with van der Waals surface area (Å²) in [4.78, 5) is 0. The Balaban J connectivity index is 2.79. The number of hydrogen-bond acceptors (Lipinski definition) is 3. The molecule has 1 aromatic rings. The molecule has 1 rings (SSSR count). The Morgan fingerprint density at radius 1 is 1.16 bits per heavy atom. The molecule has 0 saturated heterocycles. The molecule has 0 aliphatic carbocycles. The van der Waals surface area contributed by atoms with E-state index in [4.69, 9.17) is 0 Å². The Labute approximate surface area is 117 Å². The summed E-state index contributed by atoms with van der Waals surface area (Å²) in [5, 5.41) is 18.0. The van der Waals surface area contributed by atoms with Crippen LogP contribution in [0.25, 0.3) is 0 Å². The van der Waals surface area contributed by atoms with Crippen LogP contribution in [0.15, 0.2) is 6.20 Å². The number of aromatic nitrogens is 3. The zero-order valence-corrected chi connectivity index (χ0v) is 13.1. The van der Waals surface area contributed by atoms with Crippen LogP contribution in [0.3, 0.4) is 0 Å². The molecule has 4 nitrogen and oxygen atoms in total. The predicted octanol–water partition coefficient (Wildman–Crippen LogP) is 3.06. The zero-order valence-electron chi connectivity index (χ0n) is 13.1. The zero-order chi connectivity index (χ0) is 14.5. The van der Waals surface area contributed by atoms with Crippen molar-refractivity contribution in [3.8, 4) is 0 Å². The SMILES string of the molecule is CCc1cn(CC(C)(CC)CC(C)(CC)CO)nn1. The number of aryl methyl sites for hydroxylation is 1. The van der Waals surface area contributed by atoms with Gasteiger partial charge in [0.25, 0.3) is 0 Å².